The van der Waals surface area contributed by atoms with Crippen LogP contribution in [0.25, 0.3) is 0 Å². The van der Waals surface area contributed by atoms with E-state index < -0.39 is 11.9 Å². The van der Waals surface area contributed by atoms with Crippen molar-refractivity contribution in [1.82, 2.24) is 5.32 Å². The number of hydrogen-bond donors (Lipinski definition) is 1. The van der Waals surface area contributed by atoms with Crippen molar-refractivity contribution in [2.24, 2.45) is 23.7 Å². The summed E-state index contributed by atoms with van der Waals surface area (Å²) in [6.45, 7) is 0. The van der Waals surface area contributed by atoms with E-state index in [-0.39, 0.29) is 23.7 Å². The molecule has 88 valence electrons. The quantitative estimate of drug-likeness (QED) is 0.711. The first kappa shape index (κ1) is 10.1. The fraction of sp³-hybridized carbons (Fsp3) is 0.833. The summed E-state index contributed by atoms with van der Waals surface area (Å²) >= 11 is 0. The second-order valence-electron chi connectivity index (χ2n) is 5.49. The van der Waals surface area contributed by atoms with Crippen LogP contribution in [-0.4, -0.2) is 17.9 Å². The number of amides is 1. The zero-order valence-electron chi connectivity index (χ0n) is 9.15. The van der Waals surface area contributed by atoms with E-state index in [9.17, 15) is 14.7 Å². The average Bonchev–Trinajstić information content (AvgIpc) is 2.81. The molecule has 16 heavy (non-hydrogen) atoms. The van der Waals surface area contributed by atoms with Crippen molar-refractivity contribution in [3.8, 4) is 0 Å². The molecule has 0 aromatic carbocycles. The van der Waals surface area contributed by atoms with Crippen LogP contribution in [0.15, 0.2) is 0 Å². The summed E-state index contributed by atoms with van der Waals surface area (Å²) in [6.07, 6.45) is 4.96. The van der Waals surface area contributed by atoms with Gasteiger partial charge in [0, 0.05) is 23.8 Å². The van der Waals surface area contributed by atoms with Crippen LogP contribution in [0.2, 0.25) is 0 Å². The van der Waals surface area contributed by atoms with E-state index in [0.29, 0.717) is 6.04 Å². The van der Waals surface area contributed by atoms with Crippen molar-refractivity contribution in [1.29, 1.82) is 0 Å². The Balaban J connectivity index is 1.75. The van der Waals surface area contributed by atoms with E-state index in [0.717, 1.165) is 32.1 Å². The molecule has 0 heterocycles. The molecule has 0 spiro atoms. The molecule has 0 saturated heterocycles. The van der Waals surface area contributed by atoms with Gasteiger partial charge in [-0.2, -0.15) is 0 Å². The molecule has 2 bridgehead atoms. The first-order valence-electron chi connectivity index (χ1n) is 6.18. The highest BCUT2D eigenvalue weighted by atomic mass is 16.4. The first-order chi connectivity index (χ1) is 7.66. The zero-order valence-corrected chi connectivity index (χ0v) is 9.15. The van der Waals surface area contributed by atoms with E-state index in [1.54, 1.807) is 0 Å². The molecule has 0 aromatic heterocycles. The van der Waals surface area contributed by atoms with Gasteiger partial charge in [0.15, 0.2) is 0 Å². The van der Waals surface area contributed by atoms with Gasteiger partial charge in [-0.3, -0.25) is 4.79 Å². The first-order valence-corrected chi connectivity index (χ1v) is 6.18. The molecule has 3 saturated carbocycles. The van der Waals surface area contributed by atoms with Crippen molar-refractivity contribution >= 4 is 11.9 Å². The fourth-order valence-corrected chi connectivity index (χ4v) is 3.53. The number of hydrogen-bond acceptors (Lipinski definition) is 3. The van der Waals surface area contributed by atoms with E-state index >= 15 is 0 Å². The maximum absolute atomic E-state index is 12.0. The van der Waals surface area contributed by atoms with Gasteiger partial charge in [-0.1, -0.05) is 0 Å². The molecule has 3 aliphatic carbocycles. The predicted octanol–water partition coefficient (Wildman–Crippen LogP) is -0.323. The molecular weight excluding hydrogens is 206 g/mol. The Hall–Kier alpha value is -1.06. The molecule has 0 radical (unpaired) electrons. The van der Waals surface area contributed by atoms with E-state index in [1.807, 2.05) is 0 Å². The number of rotatable bonds is 3. The molecule has 0 aromatic rings. The van der Waals surface area contributed by atoms with Gasteiger partial charge in [0.2, 0.25) is 5.91 Å². The Morgan fingerprint density at radius 1 is 1.00 bits per heavy atom. The lowest BCUT2D eigenvalue weighted by Crippen LogP contribution is -2.46. The summed E-state index contributed by atoms with van der Waals surface area (Å²) in [7, 11) is 0. The van der Waals surface area contributed by atoms with Gasteiger partial charge in [-0.15, -0.1) is 0 Å². The maximum atomic E-state index is 12.0. The molecule has 1 N–H and O–H groups in total. The van der Waals surface area contributed by atoms with Crippen molar-refractivity contribution in [3.05, 3.63) is 0 Å². The minimum absolute atomic E-state index is 0.0381. The lowest BCUT2D eigenvalue weighted by atomic mass is 9.78. The van der Waals surface area contributed by atoms with Gasteiger partial charge in [0.25, 0.3) is 0 Å². The topological polar surface area (TPSA) is 69.2 Å². The van der Waals surface area contributed by atoms with Crippen LogP contribution in [0, 0.1) is 23.7 Å². The summed E-state index contributed by atoms with van der Waals surface area (Å²) in [5.41, 5.74) is 0. The Bertz CT molecular complexity index is 337. The van der Waals surface area contributed by atoms with Crippen molar-refractivity contribution in [2.75, 3.05) is 0 Å². The summed E-state index contributed by atoms with van der Waals surface area (Å²) in [5.74, 6) is -1.44. The standard InChI is InChI=1S/C12H17NO3/c14-11(13-8-3-4-8)9-6-1-2-7(5-6)10(9)12(15)16/h6-10H,1-5H2,(H,13,14)(H,15,16)/p-1/t6-,7+,9+,10+/m1/s1. The lowest BCUT2D eigenvalue weighted by Gasteiger charge is -2.30. The fourth-order valence-electron chi connectivity index (χ4n) is 3.53. The van der Waals surface area contributed by atoms with Crippen molar-refractivity contribution < 1.29 is 14.7 Å². The third kappa shape index (κ3) is 1.51. The van der Waals surface area contributed by atoms with E-state index in [1.165, 1.54) is 0 Å². The molecule has 4 nitrogen and oxygen atoms in total. The van der Waals surface area contributed by atoms with E-state index in [2.05, 4.69) is 5.32 Å². The minimum Gasteiger partial charge on any atom is -0.550 e. The van der Waals surface area contributed by atoms with Crippen molar-refractivity contribution in [2.45, 2.75) is 38.1 Å². The monoisotopic (exact) mass is 222 g/mol. The Labute approximate surface area is 94.4 Å². The second kappa shape index (κ2) is 3.47. The van der Waals surface area contributed by atoms with Gasteiger partial charge in [-0.05, 0) is 43.9 Å². The number of carbonyl (C=O) groups excluding carboxylic acids is 2. The number of fused-ring (bicyclic) bond motifs is 2. The number of carboxylic acids is 1. The largest absolute Gasteiger partial charge is 0.550 e. The molecule has 0 unspecified atom stereocenters. The molecule has 1 amide bonds. The van der Waals surface area contributed by atoms with E-state index in [4.69, 9.17) is 0 Å². The minimum atomic E-state index is -1.02. The van der Waals surface area contributed by atoms with Crippen LogP contribution in [0.4, 0.5) is 0 Å². The average molecular weight is 222 g/mol. The highest BCUT2D eigenvalue weighted by Crippen LogP contribution is 2.52. The molecule has 3 fully saturated rings. The summed E-state index contributed by atoms with van der Waals surface area (Å²) in [4.78, 5) is 23.1. The van der Waals surface area contributed by atoms with Crippen LogP contribution in [-0.2, 0) is 9.59 Å². The molecule has 4 atom stereocenters. The van der Waals surface area contributed by atoms with Crippen LogP contribution in [0.3, 0.4) is 0 Å². The number of aliphatic carboxylic acids is 1. The summed E-state index contributed by atoms with van der Waals surface area (Å²) in [5, 5.41) is 14.1. The molecule has 0 aliphatic heterocycles. The molecular formula is C12H16NO3-. The third-order valence-corrected chi connectivity index (χ3v) is 4.42. The van der Waals surface area contributed by atoms with Gasteiger partial charge >= 0.3 is 0 Å². The number of nitrogens with one attached hydrogen (secondary N) is 1. The Morgan fingerprint density at radius 2 is 1.62 bits per heavy atom. The number of carbonyl (C=O) groups is 2. The lowest BCUT2D eigenvalue weighted by molar-refractivity contribution is -0.314. The van der Waals surface area contributed by atoms with Crippen LogP contribution < -0.4 is 10.4 Å². The van der Waals surface area contributed by atoms with Gasteiger partial charge < -0.3 is 15.2 Å². The molecule has 3 rings (SSSR count). The van der Waals surface area contributed by atoms with Gasteiger partial charge in [0.1, 0.15) is 0 Å². The van der Waals surface area contributed by atoms with Crippen LogP contribution in [0.5, 0.6) is 0 Å². The highest BCUT2D eigenvalue weighted by Gasteiger charge is 2.51. The van der Waals surface area contributed by atoms with Crippen molar-refractivity contribution in [3.63, 3.8) is 0 Å². The summed E-state index contributed by atoms with van der Waals surface area (Å²) in [6, 6.07) is 0.314. The maximum Gasteiger partial charge on any atom is 0.224 e. The second-order valence-corrected chi connectivity index (χ2v) is 5.49. The molecule has 4 heteroatoms. The van der Waals surface area contributed by atoms with Crippen LogP contribution >= 0.6 is 0 Å². The summed E-state index contributed by atoms with van der Waals surface area (Å²) < 4.78 is 0. The highest BCUT2D eigenvalue weighted by molar-refractivity contribution is 5.86. The predicted molar refractivity (Wildman–Crippen MR) is 54.0 cm³/mol. The smallest absolute Gasteiger partial charge is 0.224 e. The van der Waals surface area contributed by atoms with Gasteiger partial charge in [-0.25, -0.2) is 0 Å². The Morgan fingerprint density at radius 3 is 2.19 bits per heavy atom. The van der Waals surface area contributed by atoms with Gasteiger partial charge in [0.05, 0.1) is 0 Å². The Kier molecular flexibility index (Phi) is 2.19. The van der Waals surface area contributed by atoms with Crippen LogP contribution in [0.1, 0.15) is 32.1 Å². The third-order valence-electron chi connectivity index (χ3n) is 4.42. The molecule has 3 aliphatic rings. The zero-order chi connectivity index (χ0) is 11.3. The normalized spacial score (nSPS) is 41.0. The SMILES string of the molecule is O=C([O-])[C@H]1[C@H]2CC[C@H](C2)[C@@H]1C(=O)NC1CC1. The number of carboxylic acid groups (broad SMARTS) is 1.